The molecule has 1 aromatic rings. The van der Waals surface area contributed by atoms with Crippen LogP contribution in [0.2, 0.25) is 0 Å². The number of carbonyl (C=O) groups excluding carboxylic acids is 1. The van der Waals surface area contributed by atoms with Crippen molar-refractivity contribution in [1.29, 1.82) is 0 Å². The number of primary amides is 1. The highest BCUT2D eigenvalue weighted by Crippen LogP contribution is 2.28. The van der Waals surface area contributed by atoms with Gasteiger partial charge in [0.05, 0.1) is 23.7 Å². The number of carbonyl (C=O) groups is 1. The highest BCUT2D eigenvalue weighted by Gasteiger charge is 2.26. The van der Waals surface area contributed by atoms with E-state index in [0.29, 0.717) is 0 Å². The molecule has 0 spiro atoms. The highest BCUT2D eigenvalue weighted by atomic mass is 16.6. The van der Waals surface area contributed by atoms with Gasteiger partial charge in [-0.3, -0.25) is 14.9 Å². The first kappa shape index (κ1) is 14.9. The monoisotopic (exact) mass is 269 g/mol. The van der Waals surface area contributed by atoms with Crippen LogP contribution >= 0.6 is 0 Å². The van der Waals surface area contributed by atoms with Crippen LogP contribution in [0, 0.1) is 10.1 Å². The van der Waals surface area contributed by atoms with Crippen molar-refractivity contribution in [2.45, 2.75) is 12.5 Å². The van der Waals surface area contributed by atoms with Gasteiger partial charge in [-0.15, -0.1) is 0 Å². The van der Waals surface area contributed by atoms with Crippen molar-refractivity contribution in [3.05, 3.63) is 33.9 Å². The van der Waals surface area contributed by atoms with E-state index in [1.165, 1.54) is 19.1 Å². The van der Waals surface area contributed by atoms with E-state index < -0.39 is 29.6 Å². The van der Waals surface area contributed by atoms with E-state index >= 15 is 0 Å². The second-order valence-electron chi connectivity index (χ2n) is 4.36. The first-order valence-corrected chi connectivity index (χ1v) is 5.41. The Balaban J connectivity index is 3.25. The lowest BCUT2D eigenvalue weighted by molar-refractivity contribution is -0.384. The number of nitrogens with zero attached hydrogens (tertiary/aromatic N) is 1. The van der Waals surface area contributed by atoms with Crippen LogP contribution in [0.5, 0.6) is 0 Å². The van der Waals surface area contributed by atoms with Gasteiger partial charge in [0.1, 0.15) is 5.69 Å². The quantitative estimate of drug-likeness (QED) is 0.418. The smallest absolute Gasteiger partial charge is 0.292 e. The molecule has 1 aromatic carbocycles. The molecule has 0 aliphatic carbocycles. The van der Waals surface area contributed by atoms with Crippen molar-refractivity contribution >= 4 is 17.3 Å². The number of amides is 1. The van der Waals surface area contributed by atoms with Crippen LogP contribution in [0.3, 0.4) is 0 Å². The molecule has 1 amide bonds. The van der Waals surface area contributed by atoms with Crippen LogP contribution in [-0.4, -0.2) is 39.8 Å². The van der Waals surface area contributed by atoms with Crippen LogP contribution < -0.4 is 11.1 Å². The molecule has 0 unspecified atom stereocenters. The van der Waals surface area contributed by atoms with Gasteiger partial charge in [-0.05, 0) is 19.1 Å². The molecular weight excluding hydrogens is 254 g/mol. The second-order valence-corrected chi connectivity index (χ2v) is 4.36. The van der Waals surface area contributed by atoms with Crippen molar-refractivity contribution in [3.63, 3.8) is 0 Å². The van der Waals surface area contributed by atoms with Crippen molar-refractivity contribution in [1.82, 2.24) is 0 Å². The highest BCUT2D eigenvalue weighted by molar-refractivity contribution is 5.94. The molecule has 0 heterocycles. The number of nitrogens with one attached hydrogen (secondary N) is 1. The molecule has 0 saturated heterocycles. The van der Waals surface area contributed by atoms with E-state index in [4.69, 9.17) is 5.73 Å². The number of nitro benzene ring substituents is 1. The molecule has 8 nitrogen and oxygen atoms in total. The van der Waals surface area contributed by atoms with E-state index in [9.17, 15) is 25.1 Å². The molecule has 8 heteroatoms. The average molecular weight is 269 g/mol. The van der Waals surface area contributed by atoms with Gasteiger partial charge in [0, 0.05) is 11.6 Å². The van der Waals surface area contributed by atoms with E-state index in [-0.39, 0.29) is 16.9 Å². The van der Waals surface area contributed by atoms with Crippen LogP contribution in [0.15, 0.2) is 18.2 Å². The average Bonchev–Trinajstić information content (AvgIpc) is 2.38. The Morgan fingerprint density at radius 3 is 2.47 bits per heavy atom. The zero-order valence-corrected chi connectivity index (χ0v) is 10.3. The van der Waals surface area contributed by atoms with Gasteiger partial charge in [0.25, 0.3) is 5.69 Å². The van der Waals surface area contributed by atoms with Gasteiger partial charge >= 0.3 is 0 Å². The molecule has 0 bridgehead atoms. The third-order valence-electron chi connectivity index (χ3n) is 2.61. The summed E-state index contributed by atoms with van der Waals surface area (Å²) in [6, 6.07) is 3.59. The molecule has 19 heavy (non-hydrogen) atoms. The second kappa shape index (κ2) is 5.63. The molecule has 5 N–H and O–H groups in total. The topological polar surface area (TPSA) is 139 Å². The number of aliphatic hydroxyl groups excluding tert-OH is 2. The van der Waals surface area contributed by atoms with Gasteiger partial charge < -0.3 is 21.3 Å². The summed E-state index contributed by atoms with van der Waals surface area (Å²) in [5.41, 5.74) is 3.77. The molecule has 0 saturated carbocycles. The van der Waals surface area contributed by atoms with Crippen molar-refractivity contribution in [3.8, 4) is 0 Å². The van der Waals surface area contributed by atoms with Crippen LogP contribution in [0.4, 0.5) is 11.4 Å². The summed E-state index contributed by atoms with van der Waals surface area (Å²) < 4.78 is 0. The largest absolute Gasteiger partial charge is 0.394 e. The minimum absolute atomic E-state index is 0.00639. The van der Waals surface area contributed by atoms with E-state index in [2.05, 4.69) is 5.32 Å². The Bertz CT molecular complexity index is 499. The van der Waals surface area contributed by atoms with Crippen LogP contribution in [-0.2, 0) is 0 Å². The lowest BCUT2D eigenvalue weighted by atomic mass is 10.0. The van der Waals surface area contributed by atoms with E-state index in [0.717, 1.165) is 6.07 Å². The lowest BCUT2D eigenvalue weighted by Crippen LogP contribution is -2.42. The summed E-state index contributed by atoms with van der Waals surface area (Å²) in [6.45, 7) is 0.594. The summed E-state index contributed by atoms with van der Waals surface area (Å²) in [4.78, 5) is 21.3. The number of rotatable bonds is 6. The maximum absolute atomic E-state index is 11.1. The zero-order chi connectivity index (χ0) is 14.6. The Kier molecular flexibility index (Phi) is 4.41. The first-order valence-electron chi connectivity index (χ1n) is 5.41. The predicted octanol–water partition coefficient (Wildman–Crippen LogP) is -0.151. The fraction of sp³-hybridized carbons (Fsp3) is 0.364. The molecule has 104 valence electrons. The van der Waals surface area contributed by atoms with Gasteiger partial charge in [-0.2, -0.15) is 0 Å². The standard InChI is InChI=1S/C11H15N3O5/c1-11(5-15,6-16)13-8-4-7(10(12)17)2-3-9(8)14(18)19/h2-4,13,15-16H,5-6H2,1H3,(H2,12,17). The normalized spacial score (nSPS) is 11.1. The molecule has 0 radical (unpaired) electrons. The number of benzene rings is 1. The Hall–Kier alpha value is -2.19. The summed E-state index contributed by atoms with van der Waals surface area (Å²) >= 11 is 0. The Morgan fingerprint density at radius 2 is 2.05 bits per heavy atom. The minimum atomic E-state index is -1.15. The summed E-state index contributed by atoms with van der Waals surface area (Å²) in [5.74, 6) is -0.729. The fourth-order valence-corrected chi connectivity index (χ4v) is 1.40. The number of nitro groups is 1. The number of anilines is 1. The third-order valence-corrected chi connectivity index (χ3v) is 2.61. The Morgan fingerprint density at radius 1 is 1.47 bits per heavy atom. The van der Waals surface area contributed by atoms with Gasteiger partial charge in [-0.1, -0.05) is 0 Å². The molecule has 0 aliphatic rings. The van der Waals surface area contributed by atoms with E-state index in [1.54, 1.807) is 0 Å². The summed E-state index contributed by atoms with van der Waals surface area (Å²) in [5, 5.41) is 31.9. The molecule has 1 rings (SSSR count). The summed E-state index contributed by atoms with van der Waals surface area (Å²) in [7, 11) is 0. The number of aliphatic hydroxyl groups is 2. The summed E-state index contributed by atoms with van der Waals surface area (Å²) in [6.07, 6.45) is 0. The Labute approximate surface area is 109 Å². The predicted molar refractivity (Wildman–Crippen MR) is 67.8 cm³/mol. The maximum atomic E-state index is 11.1. The lowest BCUT2D eigenvalue weighted by Gasteiger charge is -2.27. The number of hydrogen-bond acceptors (Lipinski definition) is 6. The SMILES string of the molecule is CC(CO)(CO)Nc1cc(C(N)=O)ccc1[N+](=O)[O-]. The first-order chi connectivity index (χ1) is 8.83. The fourth-order valence-electron chi connectivity index (χ4n) is 1.40. The molecule has 0 atom stereocenters. The third kappa shape index (κ3) is 3.39. The minimum Gasteiger partial charge on any atom is -0.394 e. The maximum Gasteiger partial charge on any atom is 0.292 e. The number of nitrogens with two attached hydrogens (primary N) is 1. The zero-order valence-electron chi connectivity index (χ0n) is 10.3. The van der Waals surface area contributed by atoms with Gasteiger partial charge in [-0.25, -0.2) is 0 Å². The molecular formula is C11H15N3O5. The molecule has 0 aromatic heterocycles. The molecule has 0 aliphatic heterocycles. The number of hydrogen-bond donors (Lipinski definition) is 4. The molecule has 0 fully saturated rings. The van der Waals surface area contributed by atoms with Crippen molar-refractivity contribution in [2.24, 2.45) is 5.73 Å². The van der Waals surface area contributed by atoms with Crippen LogP contribution in [0.1, 0.15) is 17.3 Å². The van der Waals surface area contributed by atoms with Crippen molar-refractivity contribution < 1.29 is 19.9 Å². The van der Waals surface area contributed by atoms with Gasteiger partial charge in [0.2, 0.25) is 5.91 Å². The van der Waals surface area contributed by atoms with Gasteiger partial charge in [0.15, 0.2) is 0 Å². The van der Waals surface area contributed by atoms with Crippen molar-refractivity contribution in [2.75, 3.05) is 18.5 Å². The van der Waals surface area contributed by atoms with Crippen LogP contribution in [0.25, 0.3) is 0 Å². The van der Waals surface area contributed by atoms with E-state index in [1.807, 2.05) is 0 Å².